The summed E-state index contributed by atoms with van der Waals surface area (Å²) in [6.45, 7) is 2.46. The third-order valence-corrected chi connectivity index (χ3v) is 0.526. The molecule has 2 N–H and O–H groups in total. The highest BCUT2D eigenvalue weighted by molar-refractivity contribution is 14.0. The summed E-state index contributed by atoms with van der Waals surface area (Å²) >= 11 is 0. The lowest BCUT2D eigenvalue weighted by molar-refractivity contribution is 0.194. The van der Waals surface area contributed by atoms with Gasteiger partial charge in [-0.2, -0.15) is 0 Å². The van der Waals surface area contributed by atoms with Crippen molar-refractivity contribution in [3.05, 3.63) is 0 Å². The summed E-state index contributed by atoms with van der Waals surface area (Å²) in [6.07, 6.45) is -0.0893. The Bertz CT molecular complexity index is 67.1. The molecule has 4 heteroatoms. The van der Waals surface area contributed by atoms with Gasteiger partial charge in [-0.15, -0.1) is 24.0 Å². The van der Waals surface area contributed by atoms with Gasteiger partial charge in [0.05, 0.1) is 0 Å². The quantitative estimate of drug-likeness (QED) is 0.703. The Balaban J connectivity index is 0. The van der Waals surface area contributed by atoms with Crippen LogP contribution in [0.4, 0.5) is 4.79 Å². The molecule has 0 unspecified atom stereocenters. The van der Waals surface area contributed by atoms with Gasteiger partial charge in [-0.05, 0) is 6.42 Å². The highest BCUT2D eigenvalue weighted by Gasteiger charge is 1.86. The van der Waals surface area contributed by atoms with Crippen LogP contribution in [0.3, 0.4) is 0 Å². The Morgan fingerprint density at radius 3 is 2.38 bits per heavy atom. The van der Waals surface area contributed by atoms with Crippen molar-refractivity contribution in [1.29, 1.82) is 0 Å². The molecule has 0 aliphatic rings. The summed E-state index contributed by atoms with van der Waals surface area (Å²) in [6, 6.07) is 0. The molecule has 0 aromatic rings. The lowest BCUT2D eigenvalue weighted by Gasteiger charge is -1.91. The van der Waals surface area contributed by atoms with Crippen LogP contribution in [0, 0.1) is 0 Å². The van der Waals surface area contributed by atoms with E-state index in [1.165, 1.54) is 0 Å². The first-order valence-electron chi connectivity index (χ1n) is 2.24. The van der Waals surface area contributed by atoms with Gasteiger partial charge >= 0.3 is 6.09 Å². The molecule has 0 rings (SSSR count). The predicted molar refractivity (Wildman–Crippen MR) is 41.7 cm³/mol. The fourth-order valence-electron chi connectivity index (χ4n) is 0.232. The van der Waals surface area contributed by atoms with Crippen LogP contribution < -0.4 is 5.32 Å². The lowest BCUT2D eigenvalue weighted by atomic mass is 10.5. The molecule has 1 amide bonds. The molecule has 50 valence electrons. The predicted octanol–water partition coefficient (Wildman–Crippen LogP) is 1.28. The summed E-state index contributed by atoms with van der Waals surface area (Å²) < 4.78 is 0. The van der Waals surface area contributed by atoms with Crippen molar-refractivity contribution in [2.75, 3.05) is 6.54 Å². The molecule has 0 radical (unpaired) electrons. The SMILES string of the molecule is CCCNC(=O)O.I. The molecule has 0 aromatic carbocycles. The van der Waals surface area contributed by atoms with E-state index in [2.05, 4.69) is 5.32 Å². The largest absolute Gasteiger partial charge is 0.465 e. The summed E-state index contributed by atoms with van der Waals surface area (Å²) in [5.41, 5.74) is 0. The van der Waals surface area contributed by atoms with Crippen molar-refractivity contribution in [1.82, 2.24) is 5.32 Å². The third kappa shape index (κ3) is 9.38. The van der Waals surface area contributed by atoms with Crippen molar-refractivity contribution in [2.45, 2.75) is 13.3 Å². The maximum absolute atomic E-state index is 9.65. The average molecular weight is 231 g/mol. The Hall–Kier alpha value is 0. The summed E-state index contributed by atoms with van der Waals surface area (Å²) in [7, 11) is 0. The molecule has 0 heterocycles. The van der Waals surface area contributed by atoms with Crippen molar-refractivity contribution < 1.29 is 9.90 Å². The third-order valence-electron chi connectivity index (χ3n) is 0.526. The standard InChI is InChI=1S/C4H9NO2.HI/c1-2-3-5-4(6)7;/h5H,2-3H2,1H3,(H,6,7);1H. The number of nitrogens with one attached hydrogen (secondary N) is 1. The molecule has 0 bridgehead atoms. The Morgan fingerprint density at radius 2 is 2.25 bits per heavy atom. The van der Waals surface area contributed by atoms with E-state index in [-0.39, 0.29) is 24.0 Å². The van der Waals surface area contributed by atoms with Crippen LogP contribution in [0.2, 0.25) is 0 Å². The molecule has 0 aliphatic carbocycles. The van der Waals surface area contributed by atoms with Gasteiger partial charge < -0.3 is 10.4 Å². The zero-order valence-electron chi connectivity index (χ0n) is 4.68. The molecule has 0 saturated carbocycles. The Labute approximate surface area is 65.5 Å². The molecule has 0 atom stereocenters. The maximum atomic E-state index is 9.65. The number of amides is 1. The van der Waals surface area contributed by atoms with Gasteiger partial charge in [0.15, 0.2) is 0 Å². The minimum absolute atomic E-state index is 0. The molecular weight excluding hydrogens is 221 g/mol. The number of hydrogen-bond donors (Lipinski definition) is 2. The van der Waals surface area contributed by atoms with Crippen LogP contribution in [0.15, 0.2) is 0 Å². The highest BCUT2D eigenvalue weighted by atomic mass is 127. The smallest absolute Gasteiger partial charge is 0.404 e. The summed E-state index contributed by atoms with van der Waals surface area (Å²) in [5, 5.41) is 10.1. The van der Waals surface area contributed by atoms with E-state index in [1.807, 2.05) is 6.92 Å². The van der Waals surface area contributed by atoms with E-state index in [0.717, 1.165) is 6.42 Å². The molecule has 3 nitrogen and oxygen atoms in total. The lowest BCUT2D eigenvalue weighted by Crippen LogP contribution is -2.20. The highest BCUT2D eigenvalue weighted by Crippen LogP contribution is 1.67. The second kappa shape index (κ2) is 7.00. The van der Waals surface area contributed by atoms with Gasteiger partial charge in [-0.3, -0.25) is 0 Å². The maximum Gasteiger partial charge on any atom is 0.404 e. The average Bonchev–Trinajstić information content (AvgIpc) is 1.61. The second-order valence-electron chi connectivity index (χ2n) is 1.23. The summed E-state index contributed by atoms with van der Waals surface area (Å²) in [5.74, 6) is 0. The topological polar surface area (TPSA) is 49.3 Å². The van der Waals surface area contributed by atoms with E-state index in [1.54, 1.807) is 0 Å². The zero-order chi connectivity index (χ0) is 5.70. The fourth-order valence-corrected chi connectivity index (χ4v) is 0.232. The van der Waals surface area contributed by atoms with E-state index in [9.17, 15) is 4.79 Å². The molecule has 0 spiro atoms. The normalized spacial score (nSPS) is 7.12. The van der Waals surface area contributed by atoms with Gasteiger partial charge in [-0.25, -0.2) is 4.79 Å². The van der Waals surface area contributed by atoms with Crippen LogP contribution in [-0.2, 0) is 0 Å². The Morgan fingerprint density at radius 1 is 1.75 bits per heavy atom. The summed E-state index contributed by atoms with van der Waals surface area (Å²) in [4.78, 5) is 9.65. The van der Waals surface area contributed by atoms with Crippen molar-refractivity contribution >= 4 is 30.1 Å². The second-order valence-corrected chi connectivity index (χ2v) is 1.23. The van der Waals surface area contributed by atoms with Crippen LogP contribution in [0.25, 0.3) is 0 Å². The van der Waals surface area contributed by atoms with Gasteiger partial charge in [0.1, 0.15) is 0 Å². The van der Waals surface area contributed by atoms with E-state index >= 15 is 0 Å². The van der Waals surface area contributed by atoms with Crippen molar-refractivity contribution in [3.63, 3.8) is 0 Å². The number of carboxylic acid groups (broad SMARTS) is 1. The molecule has 0 aliphatic heterocycles. The fraction of sp³-hybridized carbons (Fsp3) is 0.750. The van der Waals surface area contributed by atoms with Gasteiger partial charge in [-0.1, -0.05) is 6.92 Å². The minimum Gasteiger partial charge on any atom is -0.465 e. The minimum atomic E-state index is -0.943. The van der Waals surface area contributed by atoms with Crippen molar-refractivity contribution in [3.8, 4) is 0 Å². The molecule has 8 heavy (non-hydrogen) atoms. The number of hydrogen-bond acceptors (Lipinski definition) is 1. The molecule has 0 aromatic heterocycles. The number of halogens is 1. The Kier molecular flexibility index (Phi) is 9.53. The first-order valence-corrected chi connectivity index (χ1v) is 2.24. The van der Waals surface area contributed by atoms with Crippen LogP contribution in [0.5, 0.6) is 0 Å². The van der Waals surface area contributed by atoms with Crippen molar-refractivity contribution in [2.24, 2.45) is 0 Å². The number of rotatable bonds is 2. The first kappa shape index (κ1) is 10.9. The molecule has 0 saturated heterocycles. The van der Waals surface area contributed by atoms with Gasteiger partial charge in [0.25, 0.3) is 0 Å². The zero-order valence-corrected chi connectivity index (χ0v) is 7.01. The molecule has 0 fully saturated rings. The van der Waals surface area contributed by atoms with E-state index in [0.29, 0.717) is 6.54 Å². The van der Waals surface area contributed by atoms with E-state index in [4.69, 9.17) is 5.11 Å². The first-order chi connectivity index (χ1) is 3.27. The van der Waals surface area contributed by atoms with Crippen LogP contribution in [0.1, 0.15) is 13.3 Å². The van der Waals surface area contributed by atoms with Gasteiger partial charge in [0, 0.05) is 6.54 Å². The molecular formula is C4H10INO2. The van der Waals surface area contributed by atoms with Crippen LogP contribution in [-0.4, -0.2) is 17.7 Å². The van der Waals surface area contributed by atoms with E-state index < -0.39 is 6.09 Å². The number of carbonyl (C=O) groups is 1. The van der Waals surface area contributed by atoms with Gasteiger partial charge in [0.2, 0.25) is 0 Å². The van der Waals surface area contributed by atoms with Crippen LogP contribution >= 0.6 is 24.0 Å². The monoisotopic (exact) mass is 231 g/mol.